The van der Waals surface area contributed by atoms with Crippen molar-refractivity contribution in [2.45, 2.75) is 57.9 Å². The third-order valence-corrected chi connectivity index (χ3v) is 5.58. The van der Waals surface area contributed by atoms with Crippen molar-refractivity contribution >= 4 is 23.6 Å². The average Bonchev–Trinajstić information content (AvgIpc) is 2.94. The topological polar surface area (TPSA) is 82.8 Å². The first-order valence-electron chi connectivity index (χ1n) is 8.83. The minimum atomic E-state index is -0.762. The van der Waals surface area contributed by atoms with E-state index in [1.807, 2.05) is 18.7 Å². The van der Waals surface area contributed by atoms with Crippen molar-refractivity contribution in [1.29, 1.82) is 0 Å². The third-order valence-electron chi connectivity index (χ3n) is 4.49. The molecule has 2 heterocycles. The lowest BCUT2D eigenvalue weighted by Crippen LogP contribution is -2.54. The van der Waals surface area contributed by atoms with Gasteiger partial charge in [-0.25, -0.2) is 0 Å². The predicted octanol–water partition coefficient (Wildman–Crippen LogP) is 2.33. The van der Waals surface area contributed by atoms with Crippen LogP contribution in [0.1, 0.15) is 55.0 Å². The predicted molar refractivity (Wildman–Crippen MR) is 98.6 cm³/mol. The molecule has 0 aliphatic carbocycles. The Bertz CT molecular complexity index is 602. The third kappa shape index (κ3) is 5.51. The van der Waals surface area contributed by atoms with E-state index < -0.39 is 6.10 Å². The van der Waals surface area contributed by atoms with Crippen molar-refractivity contribution in [3.8, 4) is 0 Å². The zero-order chi connectivity index (χ0) is 18.4. The second-order valence-electron chi connectivity index (χ2n) is 6.50. The van der Waals surface area contributed by atoms with Gasteiger partial charge in [-0.1, -0.05) is 13.3 Å². The number of β-amino-alcohol motifs (C(OH)–C–C–N with tert-alkyl or cyclic N) is 1. The van der Waals surface area contributed by atoms with Crippen LogP contribution in [0.2, 0.25) is 0 Å². The zero-order valence-electron chi connectivity index (χ0n) is 15.2. The van der Waals surface area contributed by atoms with Gasteiger partial charge in [-0.3, -0.25) is 9.59 Å². The molecule has 1 saturated heterocycles. The summed E-state index contributed by atoms with van der Waals surface area (Å²) in [5, 5.41) is 13.0. The molecule has 0 radical (unpaired) electrons. The highest BCUT2D eigenvalue weighted by atomic mass is 32.2. The number of aryl methyl sites for hydroxylation is 1. The molecule has 1 fully saturated rings. The number of furan rings is 1. The standard InChI is InChI=1S/C18H28N2O4S/c1-4-5-8-25-11-14-9-17(24-12(14)2)18(23)19-15-6-7-20(13(3)21)10-16(15)22/h9,15-16,22H,4-8,10-11H2,1-3H3,(H,19,23)/t15-,16-/m1/s1. The lowest BCUT2D eigenvalue weighted by Gasteiger charge is -2.35. The molecule has 140 valence electrons. The van der Waals surface area contributed by atoms with E-state index in [0.29, 0.717) is 13.0 Å². The maximum atomic E-state index is 12.4. The fourth-order valence-electron chi connectivity index (χ4n) is 2.83. The minimum absolute atomic E-state index is 0.0595. The number of nitrogens with zero attached hydrogens (tertiary/aromatic N) is 1. The molecule has 2 rings (SSSR count). The van der Waals surface area contributed by atoms with E-state index in [-0.39, 0.29) is 30.2 Å². The fourth-order valence-corrected chi connectivity index (χ4v) is 3.97. The summed E-state index contributed by atoms with van der Waals surface area (Å²) in [6.07, 6.45) is 2.13. The summed E-state index contributed by atoms with van der Waals surface area (Å²) in [6, 6.07) is 1.43. The number of aliphatic hydroxyl groups is 1. The number of rotatable bonds is 7. The van der Waals surface area contributed by atoms with E-state index in [1.54, 1.807) is 11.0 Å². The molecule has 0 bridgehead atoms. The number of piperidine rings is 1. The van der Waals surface area contributed by atoms with Crippen LogP contribution in [-0.4, -0.2) is 52.8 Å². The summed E-state index contributed by atoms with van der Waals surface area (Å²) < 4.78 is 5.60. The van der Waals surface area contributed by atoms with Gasteiger partial charge >= 0.3 is 0 Å². The highest BCUT2D eigenvalue weighted by molar-refractivity contribution is 7.98. The Kier molecular flexibility index (Phi) is 7.38. The normalized spacial score (nSPS) is 20.6. The Morgan fingerprint density at radius 3 is 2.88 bits per heavy atom. The Balaban J connectivity index is 1.89. The van der Waals surface area contributed by atoms with Crippen molar-refractivity contribution in [2.24, 2.45) is 0 Å². The van der Waals surface area contributed by atoms with Gasteiger partial charge in [0.15, 0.2) is 5.76 Å². The van der Waals surface area contributed by atoms with Crippen LogP contribution < -0.4 is 5.32 Å². The molecule has 0 saturated carbocycles. The highest BCUT2D eigenvalue weighted by Crippen LogP contribution is 2.21. The van der Waals surface area contributed by atoms with E-state index >= 15 is 0 Å². The number of hydrogen-bond donors (Lipinski definition) is 2. The van der Waals surface area contributed by atoms with Gasteiger partial charge < -0.3 is 19.7 Å². The molecule has 1 aliphatic heterocycles. The van der Waals surface area contributed by atoms with E-state index in [0.717, 1.165) is 22.8 Å². The zero-order valence-corrected chi connectivity index (χ0v) is 16.0. The number of unbranched alkanes of at least 4 members (excludes halogenated alkanes) is 1. The second-order valence-corrected chi connectivity index (χ2v) is 7.60. The van der Waals surface area contributed by atoms with Gasteiger partial charge in [0.25, 0.3) is 5.91 Å². The van der Waals surface area contributed by atoms with Crippen molar-refractivity contribution in [2.75, 3.05) is 18.8 Å². The number of likely N-dealkylation sites (tertiary alicyclic amines) is 1. The molecule has 0 aromatic carbocycles. The summed E-state index contributed by atoms with van der Waals surface area (Å²) >= 11 is 1.84. The SMILES string of the molecule is CCCCSCc1cc(C(=O)N[C@@H]2CCN(C(C)=O)C[C@H]2O)oc1C. The van der Waals surface area contributed by atoms with Crippen LogP contribution in [0, 0.1) is 6.92 Å². The lowest BCUT2D eigenvalue weighted by molar-refractivity contribution is -0.132. The summed E-state index contributed by atoms with van der Waals surface area (Å²) in [6.45, 7) is 6.30. The van der Waals surface area contributed by atoms with Gasteiger partial charge in [0, 0.05) is 31.3 Å². The van der Waals surface area contributed by atoms with Crippen LogP contribution in [0.4, 0.5) is 0 Å². The monoisotopic (exact) mass is 368 g/mol. The van der Waals surface area contributed by atoms with Gasteiger partial charge in [0.1, 0.15) is 5.76 Å². The smallest absolute Gasteiger partial charge is 0.287 e. The van der Waals surface area contributed by atoms with Gasteiger partial charge in [0.2, 0.25) is 5.91 Å². The minimum Gasteiger partial charge on any atom is -0.456 e. The Hall–Kier alpha value is -1.47. The molecular formula is C18H28N2O4S. The summed E-state index contributed by atoms with van der Waals surface area (Å²) in [7, 11) is 0. The summed E-state index contributed by atoms with van der Waals surface area (Å²) in [5.41, 5.74) is 1.04. The maximum Gasteiger partial charge on any atom is 0.287 e. The highest BCUT2D eigenvalue weighted by Gasteiger charge is 2.30. The Morgan fingerprint density at radius 2 is 2.24 bits per heavy atom. The largest absolute Gasteiger partial charge is 0.456 e. The van der Waals surface area contributed by atoms with Crippen molar-refractivity contribution in [1.82, 2.24) is 10.2 Å². The van der Waals surface area contributed by atoms with E-state index in [2.05, 4.69) is 12.2 Å². The van der Waals surface area contributed by atoms with Gasteiger partial charge in [0.05, 0.1) is 12.1 Å². The number of aliphatic hydroxyl groups excluding tert-OH is 1. The summed E-state index contributed by atoms with van der Waals surface area (Å²) in [4.78, 5) is 25.4. The van der Waals surface area contributed by atoms with Crippen LogP contribution in [0.3, 0.4) is 0 Å². The van der Waals surface area contributed by atoms with Gasteiger partial charge in [-0.05, 0) is 31.6 Å². The fraction of sp³-hybridized carbons (Fsp3) is 0.667. The molecule has 1 aromatic heterocycles. The number of carbonyl (C=O) groups is 2. The second kappa shape index (κ2) is 9.29. The van der Waals surface area contributed by atoms with Crippen molar-refractivity contribution < 1.29 is 19.1 Å². The first-order valence-corrected chi connectivity index (χ1v) is 9.99. The molecule has 2 amide bonds. The van der Waals surface area contributed by atoms with Crippen molar-refractivity contribution in [3.63, 3.8) is 0 Å². The average molecular weight is 368 g/mol. The first kappa shape index (κ1) is 19.8. The molecular weight excluding hydrogens is 340 g/mol. The van der Waals surface area contributed by atoms with E-state index in [4.69, 9.17) is 4.42 Å². The van der Waals surface area contributed by atoms with Crippen LogP contribution in [-0.2, 0) is 10.5 Å². The number of nitrogens with one attached hydrogen (secondary N) is 1. The number of thioether (sulfide) groups is 1. The molecule has 25 heavy (non-hydrogen) atoms. The number of hydrogen-bond acceptors (Lipinski definition) is 5. The molecule has 6 nitrogen and oxygen atoms in total. The van der Waals surface area contributed by atoms with E-state index in [1.165, 1.54) is 19.8 Å². The van der Waals surface area contributed by atoms with Crippen LogP contribution in [0.25, 0.3) is 0 Å². The Labute approximate surface area is 153 Å². The quantitative estimate of drug-likeness (QED) is 0.722. The molecule has 0 spiro atoms. The maximum absolute atomic E-state index is 12.4. The molecule has 1 aliphatic rings. The first-order chi connectivity index (χ1) is 11.9. The van der Waals surface area contributed by atoms with Gasteiger partial charge in [-0.15, -0.1) is 0 Å². The lowest BCUT2D eigenvalue weighted by atomic mass is 10.0. The summed E-state index contributed by atoms with van der Waals surface area (Å²) in [5.74, 6) is 2.61. The van der Waals surface area contributed by atoms with Crippen LogP contribution >= 0.6 is 11.8 Å². The molecule has 1 aromatic rings. The molecule has 2 N–H and O–H groups in total. The number of carbonyl (C=O) groups excluding carboxylic acids is 2. The van der Waals surface area contributed by atoms with Gasteiger partial charge in [-0.2, -0.15) is 11.8 Å². The Morgan fingerprint density at radius 1 is 1.48 bits per heavy atom. The number of amides is 2. The van der Waals surface area contributed by atoms with Crippen LogP contribution in [0.15, 0.2) is 10.5 Å². The molecule has 2 atom stereocenters. The van der Waals surface area contributed by atoms with Crippen LogP contribution in [0.5, 0.6) is 0 Å². The molecule has 7 heteroatoms. The van der Waals surface area contributed by atoms with Crippen molar-refractivity contribution in [3.05, 3.63) is 23.2 Å². The molecule has 0 unspecified atom stereocenters. The van der Waals surface area contributed by atoms with E-state index in [9.17, 15) is 14.7 Å².